The molecule has 10 heteroatoms. The van der Waals surface area contributed by atoms with Gasteiger partial charge in [-0.1, -0.05) is 12.1 Å². The van der Waals surface area contributed by atoms with Crippen LogP contribution in [0.15, 0.2) is 42.6 Å². The Balaban J connectivity index is 1.39. The van der Waals surface area contributed by atoms with Gasteiger partial charge in [0.25, 0.3) is 0 Å². The number of amides is 2. The molecule has 6 nitrogen and oxygen atoms in total. The summed E-state index contributed by atoms with van der Waals surface area (Å²) >= 11 is 0. The van der Waals surface area contributed by atoms with Crippen LogP contribution in [0.25, 0.3) is 0 Å². The molecule has 2 amide bonds. The normalized spacial score (nSPS) is 19.9. The molecule has 1 atom stereocenters. The van der Waals surface area contributed by atoms with Gasteiger partial charge in [0.15, 0.2) is 0 Å². The van der Waals surface area contributed by atoms with Crippen LogP contribution in [-0.2, 0) is 15.8 Å². The van der Waals surface area contributed by atoms with E-state index in [9.17, 15) is 27.2 Å². The number of halogens is 4. The van der Waals surface area contributed by atoms with E-state index in [1.165, 1.54) is 29.2 Å². The number of pyridine rings is 1. The molecule has 170 valence electrons. The van der Waals surface area contributed by atoms with E-state index in [1.807, 2.05) is 4.90 Å². The van der Waals surface area contributed by atoms with E-state index in [-0.39, 0.29) is 30.5 Å². The lowest BCUT2D eigenvalue weighted by Crippen LogP contribution is -2.40. The highest BCUT2D eigenvalue weighted by Gasteiger charge is 2.38. The van der Waals surface area contributed by atoms with Gasteiger partial charge < -0.3 is 14.7 Å². The summed E-state index contributed by atoms with van der Waals surface area (Å²) in [5.74, 6) is -1.10. The van der Waals surface area contributed by atoms with Crippen molar-refractivity contribution in [2.75, 3.05) is 42.5 Å². The second kappa shape index (κ2) is 8.76. The molecule has 2 aromatic rings. The minimum absolute atomic E-state index is 0.0217. The number of hydrogen-bond acceptors (Lipinski definition) is 4. The summed E-state index contributed by atoms with van der Waals surface area (Å²) in [6, 6.07) is 8.30. The average Bonchev–Trinajstić information content (AvgIpc) is 2.98. The lowest BCUT2D eigenvalue weighted by Gasteiger charge is -2.25. The zero-order chi connectivity index (χ0) is 22.9. The Kier molecular flexibility index (Phi) is 6.03. The Morgan fingerprint density at radius 1 is 1.03 bits per heavy atom. The Morgan fingerprint density at radius 2 is 1.81 bits per heavy atom. The second-order valence-electron chi connectivity index (χ2n) is 7.93. The maximum absolute atomic E-state index is 14.1. The molecule has 0 radical (unpaired) electrons. The summed E-state index contributed by atoms with van der Waals surface area (Å²) in [5, 5.41) is 0. The maximum Gasteiger partial charge on any atom is 0.417 e. The molecule has 4 rings (SSSR count). The van der Waals surface area contributed by atoms with Crippen LogP contribution in [0.1, 0.15) is 18.4 Å². The van der Waals surface area contributed by atoms with Crippen LogP contribution in [0.2, 0.25) is 0 Å². The third-order valence-corrected chi connectivity index (χ3v) is 5.82. The van der Waals surface area contributed by atoms with Gasteiger partial charge in [-0.25, -0.2) is 9.37 Å². The fourth-order valence-electron chi connectivity index (χ4n) is 4.14. The summed E-state index contributed by atoms with van der Waals surface area (Å²) in [4.78, 5) is 34.2. The zero-order valence-electron chi connectivity index (χ0n) is 17.2. The molecule has 1 aromatic heterocycles. The molecule has 1 aromatic carbocycles. The van der Waals surface area contributed by atoms with Crippen LogP contribution in [-0.4, -0.2) is 54.4 Å². The fourth-order valence-corrected chi connectivity index (χ4v) is 4.14. The summed E-state index contributed by atoms with van der Waals surface area (Å²) < 4.78 is 52.3. The standard InChI is InChI=1S/C22H22F4N4O2/c23-17-4-1-2-5-18(17)30-14-15(12-20(30)31)21(32)29-9-3-8-28(10-11-29)19-7-6-16(13-27-19)22(24,25)26/h1-2,4-7,13,15H,3,8-12,14H2. The number of carbonyl (C=O) groups excluding carboxylic acids is 2. The van der Waals surface area contributed by atoms with Crippen LogP contribution in [0.4, 0.5) is 29.1 Å². The summed E-state index contributed by atoms with van der Waals surface area (Å²) in [7, 11) is 0. The predicted molar refractivity (Wildman–Crippen MR) is 110 cm³/mol. The zero-order valence-corrected chi connectivity index (χ0v) is 17.2. The molecule has 2 saturated heterocycles. The monoisotopic (exact) mass is 450 g/mol. The highest BCUT2D eigenvalue weighted by molar-refractivity contribution is 6.00. The SMILES string of the molecule is O=C(C1CC(=O)N(c2ccccc2F)C1)N1CCCN(c2ccc(C(F)(F)F)cn2)CC1. The van der Waals surface area contributed by atoms with Crippen molar-refractivity contribution in [3.05, 3.63) is 54.0 Å². The van der Waals surface area contributed by atoms with Gasteiger partial charge in [0.05, 0.1) is 17.2 Å². The topological polar surface area (TPSA) is 56.8 Å². The molecule has 2 aliphatic rings. The Labute approximate surface area is 182 Å². The van der Waals surface area contributed by atoms with Crippen LogP contribution >= 0.6 is 0 Å². The maximum atomic E-state index is 14.1. The van der Waals surface area contributed by atoms with Gasteiger partial charge in [0.2, 0.25) is 11.8 Å². The van der Waals surface area contributed by atoms with E-state index in [2.05, 4.69) is 4.98 Å². The molecule has 0 bridgehead atoms. The van der Waals surface area contributed by atoms with Crippen molar-refractivity contribution in [2.45, 2.75) is 19.0 Å². The number of aromatic nitrogens is 1. The number of para-hydroxylation sites is 1. The molecule has 0 spiro atoms. The number of benzene rings is 1. The van der Waals surface area contributed by atoms with Crippen molar-refractivity contribution in [1.29, 1.82) is 0 Å². The van der Waals surface area contributed by atoms with Crippen LogP contribution < -0.4 is 9.80 Å². The lowest BCUT2D eigenvalue weighted by molar-refractivity contribution is -0.138. The second-order valence-corrected chi connectivity index (χ2v) is 7.93. The van der Waals surface area contributed by atoms with E-state index < -0.39 is 23.5 Å². The molecule has 0 aliphatic carbocycles. The van der Waals surface area contributed by atoms with E-state index in [1.54, 1.807) is 11.0 Å². The Hall–Kier alpha value is -3.17. The number of carbonyl (C=O) groups is 2. The van der Waals surface area contributed by atoms with Gasteiger partial charge >= 0.3 is 6.18 Å². The smallest absolute Gasteiger partial charge is 0.355 e. The van der Waals surface area contributed by atoms with Gasteiger partial charge in [-0.2, -0.15) is 13.2 Å². The number of alkyl halides is 3. The number of anilines is 2. The highest BCUT2D eigenvalue weighted by Crippen LogP contribution is 2.30. The molecule has 32 heavy (non-hydrogen) atoms. The van der Waals surface area contributed by atoms with Gasteiger partial charge in [-0.3, -0.25) is 9.59 Å². The van der Waals surface area contributed by atoms with E-state index >= 15 is 0 Å². The van der Waals surface area contributed by atoms with E-state index in [0.717, 1.165) is 12.3 Å². The van der Waals surface area contributed by atoms with E-state index in [0.29, 0.717) is 38.4 Å². The third kappa shape index (κ3) is 4.53. The van der Waals surface area contributed by atoms with Crippen LogP contribution in [0.3, 0.4) is 0 Å². The van der Waals surface area contributed by atoms with E-state index in [4.69, 9.17) is 0 Å². The number of rotatable bonds is 3. The van der Waals surface area contributed by atoms with Crippen molar-refractivity contribution < 1.29 is 27.2 Å². The fraction of sp³-hybridized carbons (Fsp3) is 0.409. The average molecular weight is 450 g/mol. The van der Waals surface area contributed by atoms with Crippen molar-refractivity contribution in [3.8, 4) is 0 Å². The molecule has 0 N–H and O–H groups in total. The van der Waals surface area contributed by atoms with Crippen molar-refractivity contribution >= 4 is 23.3 Å². The Morgan fingerprint density at radius 3 is 2.50 bits per heavy atom. The molecule has 1 unspecified atom stereocenters. The summed E-state index contributed by atoms with van der Waals surface area (Å²) in [6.07, 6.45) is -2.99. The Bertz CT molecular complexity index is 996. The minimum atomic E-state index is -4.44. The van der Waals surface area contributed by atoms with Crippen molar-refractivity contribution in [3.63, 3.8) is 0 Å². The first-order valence-corrected chi connectivity index (χ1v) is 10.4. The first kappa shape index (κ1) is 22.0. The van der Waals surface area contributed by atoms with Crippen molar-refractivity contribution in [1.82, 2.24) is 9.88 Å². The first-order chi connectivity index (χ1) is 15.2. The minimum Gasteiger partial charge on any atom is -0.355 e. The molecule has 2 fully saturated rings. The lowest BCUT2D eigenvalue weighted by atomic mass is 10.1. The molecule has 0 saturated carbocycles. The number of hydrogen-bond donors (Lipinski definition) is 0. The molecular weight excluding hydrogens is 428 g/mol. The predicted octanol–water partition coefficient (Wildman–Crippen LogP) is 3.33. The summed E-state index contributed by atoms with van der Waals surface area (Å²) in [6.45, 7) is 1.93. The van der Waals surface area contributed by atoms with Gasteiger partial charge in [-0.05, 0) is 30.7 Å². The molecular formula is C22H22F4N4O2. The van der Waals surface area contributed by atoms with Crippen LogP contribution in [0, 0.1) is 11.7 Å². The van der Waals surface area contributed by atoms with Gasteiger partial charge in [0.1, 0.15) is 11.6 Å². The molecule has 3 heterocycles. The van der Waals surface area contributed by atoms with Crippen molar-refractivity contribution in [2.24, 2.45) is 5.92 Å². The van der Waals surface area contributed by atoms with Gasteiger partial charge in [0, 0.05) is 45.3 Å². The number of nitrogens with zero attached hydrogens (tertiary/aromatic N) is 4. The van der Waals surface area contributed by atoms with Crippen LogP contribution in [0.5, 0.6) is 0 Å². The first-order valence-electron chi connectivity index (χ1n) is 10.4. The molecule has 2 aliphatic heterocycles. The highest BCUT2D eigenvalue weighted by atomic mass is 19.4. The third-order valence-electron chi connectivity index (χ3n) is 5.82. The summed E-state index contributed by atoms with van der Waals surface area (Å²) in [5.41, 5.74) is -0.638. The quantitative estimate of drug-likeness (QED) is 0.674. The largest absolute Gasteiger partial charge is 0.417 e. The van der Waals surface area contributed by atoms with Gasteiger partial charge in [-0.15, -0.1) is 0 Å².